The second-order valence-corrected chi connectivity index (χ2v) is 5.66. The first-order valence-corrected chi connectivity index (χ1v) is 7.21. The zero-order valence-electron chi connectivity index (χ0n) is 11.8. The Labute approximate surface area is 111 Å². The van der Waals surface area contributed by atoms with Gasteiger partial charge in [0.05, 0.1) is 0 Å². The summed E-state index contributed by atoms with van der Waals surface area (Å²) in [5, 5.41) is 3.57. The molecule has 2 rings (SSSR count). The van der Waals surface area contributed by atoms with Gasteiger partial charge in [0.15, 0.2) is 0 Å². The van der Waals surface area contributed by atoms with Crippen LogP contribution in [0.15, 0.2) is 24.3 Å². The van der Waals surface area contributed by atoms with Gasteiger partial charge < -0.3 is 10.2 Å². The Morgan fingerprint density at radius 1 is 1.39 bits per heavy atom. The number of benzene rings is 1. The van der Waals surface area contributed by atoms with Gasteiger partial charge in [-0.3, -0.25) is 0 Å². The van der Waals surface area contributed by atoms with Crippen LogP contribution < -0.4 is 5.32 Å². The molecule has 2 nitrogen and oxygen atoms in total. The van der Waals surface area contributed by atoms with E-state index in [1.54, 1.807) is 0 Å². The minimum atomic E-state index is 0.789. The molecule has 0 aliphatic carbocycles. The molecule has 1 unspecified atom stereocenters. The molecule has 0 amide bonds. The van der Waals surface area contributed by atoms with E-state index in [1.807, 2.05) is 0 Å². The third-order valence-electron chi connectivity index (χ3n) is 3.79. The van der Waals surface area contributed by atoms with Gasteiger partial charge >= 0.3 is 0 Å². The van der Waals surface area contributed by atoms with E-state index in [1.165, 1.54) is 49.9 Å². The van der Waals surface area contributed by atoms with E-state index >= 15 is 0 Å². The van der Waals surface area contributed by atoms with Crippen LogP contribution in [0.2, 0.25) is 0 Å². The fourth-order valence-corrected chi connectivity index (χ4v) is 2.81. The topological polar surface area (TPSA) is 15.3 Å². The van der Waals surface area contributed by atoms with Gasteiger partial charge in [-0.1, -0.05) is 29.8 Å². The normalized spacial score (nSPS) is 19.6. The van der Waals surface area contributed by atoms with E-state index in [2.05, 4.69) is 48.5 Å². The largest absolute Gasteiger partial charge is 0.314 e. The molecule has 100 valence electrons. The quantitative estimate of drug-likeness (QED) is 0.830. The number of hydrogen-bond donors (Lipinski definition) is 1. The van der Waals surface area contributed by atoms with Crippen LogP contribution in [0.5, 0.6) is 0 Å². The van der Waals surface area contributed by atoms with Crippen molar-refractivity contribution >= 4 is 0 Å². The van der Waals surface area contributed by atoms with E-state index in [-0.39, 0.29) is 0 Å². The molecular weight excluding hydrogens is 220 g/mol. The van der Waals surface area contributed by atoms with Gasteiger partial charge in [0.25, 0.3) is 0 Å². The summed E-state index contributed by atoms with van der Waals surface area (Å²) in [7, 11) is 2.23. The molecule has 1 aromatic carbocycles. The lowest BCUT2D eigenvalue weighted by molar-refractivity contribution is 0.311. The zero-order valence-corrected chi connectivity index (χ0v) is 11.8. The Balaban J connectivity index is 1.66. The first-order chi connectivity index (χ1) is 8.74. The molecular formula is C16H26N2. The van der Waals surface area contributed by atoms with Crippen LogP contribution in [0.4, 0.5) is 0 Å². The maximum atomic E-state index is 3.57. The Morgan fingerprint density at radius 3 is 3.00 bits per heavy atom. The Bertz CT molecular complexity index is 356. The van der Waals surface area contributed by atoms with Crippen LogP contribution in [-0.4, -0.2) is 31.1 Å². The number of aryl methyl sites for hydroxylation is 1. The molecule has 0 spiro atoms. The third kappa shape index (κ3) is 4.43. The predicted molar refractivity (Wildman–Crippen MR) is 77.8 cm³/mol. The SMILES string of the molecule is Cc1cccc(CN(C)CCCC2CCCN2)c1. The Kier molecular flexibility index (Phi) is 5.21. The molecule has 0 aromatic heterocycles. The number of nitrogens with zero attached hydrogens (tertiary/aromatic N) is 1. The Hall–Kier alpha value is -0.860. The molecule has 1 aromatic rings. The van der Waals surface area contributed by atoms with Crippen molar-refractivity contribution in [3.8, 4) is 0 Å². The van der Waals surface area contributed by atoms with E-state index in [0.29, 0.717) is 0 Å². The summed E-state index contributed by atoms with van der Waals surface area (Å²) in [6.45, 7) is 5.66. The van der Waals surface area contributed by atoms with Crippen LogP contribution in [0, 0.1) is 6.92 Å². The number of nitrogens with one attached hydrogen (secondary N) is 1. The standard InChI is InChI=1S/C16H26N2/c1-14-6-3-7-15(12-14)13-18(2)11-5-9-16-8-4-10-17-16/h3,6-7,12,16-17H,4-5,8-11,13H2,1-2H3. The van der Waals surface area contributed by atoms with Crippen molar-refractivity contribution in [2.45, 2.75) is 45.2 Å². The smallest absolute Gasteiger partial charge is 0.0230 e. The second kappa shape index (κ2) is 6.91. The van der Waals surface area contributed by atoms with Crippen LogP contribution in [0.3, 0.4) is 0 Å². The van der Waals surface area contributed by atoms with Crippen LogP contribution in [0.1, 0.15) is 36.8 Å². The molecule has 1 aliphatic heterocycles. The van der Waals surface area contributed by atoms with E-state index in [0.717, 1.165) is 12.6 Å². The van der Waals surface area contributed by atoms with Crippen molar-refractivity contribution in [2.75, 3.05) is 20.1 Å². The fourth-order valence-electron chi connectivity index (χ4n) is 2.81. The van der Waals surface area contributed by atoms with E-state index in [4.69, 9.17) is 0 Å². The van der Waals surface area contributed by atoms with Crippen LogP contribution in [-0.2, 0) is 6.54 Å². The van der Waals surface area contributed by atoms with Crippen molar-refractivity contribution in [1.82, 2.24) is 10.2 Å². The molecule has 1 N–H and O–H groups in total. The van der Waals surface area contributed by atoms with Gasteiger partial charge in [0.2, 0.25) is 0 Å². The molecule has 0 bridgehead atoms. The molecule has 1 aliphatic rings. The first-order valence-electron chi connectivity index (χ1n) is 7.21. The molecule has 1 fully saturated rings. The summed E-state index contributed by atoms with van der Waals surface area (Å²) in [5.41, 5.74) is 2.78. The van der Waals surface area contributed by atoms with E-state index in [9.17, 15) is 0 Å². The summed E-state index contributed by atoms with van der Waals surface area (Å²) in [4.78, 5) is 2.43. The summed E-state index contributed by atoms with van der Waals surface area (Å²) < 4.78 is 0. The second-order valence-electron chi connectivity index (χ2n) is 5.66. The zero-order chi connectivity index (χ0) is 12.8. The average molecular weight is 246 g/mol. The number of hydrogen-bond acceptors (Lipinski definition) is 2. The Morgan fingerprint density at radius 2 is 2.28 bits per heavy atom. The molecule has 1 heterocycles. The summed E-state index contributed by atoms with van der Waals surface area (Å²) in [6, 6.07) is 9.62. The van der Waals surface area contributed by atoms with Crippen LogP contribution in [0.25, 0.3) is 0 Å². The number of rotatable bonds is 6. The van der Waals surface area contributed by atoms with Gasteiger partial charge in [0.1, 0.15) is 0 Å². The summed E-state index contributed by atoms with van der Waals surface area (Å²) in [6.07, 6.45) is 5.38. The maximum Gasteiger partial charge on any atom is 0.0230 e. The lowest BCUT2D eigenvalue weighted by Gasteiger charge is -2.18. The van der Waals surface area contributed by atoms with Gasteiger partial charge in [-0.25, -0.2) is 0 Å². The highest BCUT2D eigenvalue weighted by Crippen LogP contribution is 2.12. The molecule has 1 saturated heterocycles. The van der Waals surface area contributed by atoms with Crippen molar-refractivity contribution < 1.29 is 0 Å². The van der Waals surface area contributed by atoms with Crippen molar-refractivity contribution in [3.63, 3.8) is 0 Å². The van der Waals surface area contributed by atoms with Crippen molar-refractivity contribution in [3.05, 3.63) is 35.4 Å². The molecule has 18 heavy (non-hydrogen) atoms. The van der Waals surface area contributed by atoms with E-state index < -0.39 is 0 Å². The first kappa shape index (κ1) is 13.6. The highest BCUT2D eigenvalue weighted by atomic mass is 15.1. The van der Waals surface area contributed by atoms with Gasteiger partial charge in [-0.2, -0.15) is 0 Å². The average Bonchev–Trinajstić information content (AvgIpc) is 2.82. The lowest BCUT2D eigenvalue weighted by atomic mass is 10.1. The lowest BCUT2D eigenvalue weighted by Crippen LogP contribution is -2.24. The van der Waals surface area contributed by atoms with Gasteiger partial charge in [0, 0.05) is 12.6 Å². The molecule has 2 heteroatoms. The monoisotopic (exact) mass is 246 g/mol. The minimum Gasteiger partial charge on any atom is -0.314 e. The highest BCUT2D eigenvalue weighted by molar-refractivity contribution is 5.21. The molecule has 1 atom stereocenters. The highest BCUT2D eigenvalue weighted by Gasteiger charge is 2.13. The molecule has 0 radical (unpaired) electrons. The summed E-state index contributed by atoms with van der Waals surface area (Å²) in [5.74, 6) is 0. The summed E-state index contributed by atoms with van der Waals surface area (Å²) >= 11 is 0. The predicted octanol–water partition coefficient (Wildman–Crippen LogP) is 2.96. The van der Waals surface area contributed by atoms with Gasteiger partial charge in [-0.15, -0.1) is 0 Å². The minimum absolute atomic E-state index is 0.789. The van der Waals surface area contributed by atoms with Crippen LogP contribution >= 0.6 is 0 Å². The molecule has 0 saturated carbocycles. The third-order valence-corrected chi connectivity index (χ3v) is 3.79. The van der Waals surface area contributed by atoms with Crippen molar-refractivity contribution in [1.29, 1.82) is 0 Å². The van der Waals surface area contributed by atoms with Crippen molar-refractivity contribution in [2.24, 2.45) is 0 Å². The maximum absolute atomic E-state index is 3.57. The fraction of sp³-hybridized carbons (Fsp3) is 0.625. The van der Waals surface area contributed by atoms with Gasteiger partial charge in [-0.05, 0) is 58.3 Å².